The minimum Gasteiger partial charge on any atom is -0.488 e. The Morgan fingerprint density at radius 2 is 1.80 bits per heavy atom. The molecule has 4 aromatic rings. The van der Waals surface area contributed by atoms with Crippen LogP contribution in [0.3, 0.4) is 0 Å². The summed E-state index contributed by atoms with van der Waals surface area (Å²) in [7, 11) is 0. The van der Waals surface area contributed by atoms with Gasteiger partial charge < -0.3 is 14.4 Å². The zero-order valence-electron chi connectivity index (χ0n) is 25.8. The van der Waals surface area contributed by atoms with Gasteiger partial charge in [-0.3, -0.25) is 9.52 Å². The lowest BCUT2D eigenvalue weighted by atomic mass is 9.97. The first kappa shape index (κ1) is 29.9. The summed E-state index contributed by atoms with van der Waals surface area (Å²) in [6, 6.07) is 15.5. The molecule has 1 aliphatic heterocycles. The molecule has 1 fully saturated rings. The molecule has 2 aromatic heterocycles. The molecular weight excluding hydrogens is 572 g/mol. The van der Waals surface area contributed by atoms with Crippen LogP contribution in [0.2, 0.25) is 0 Å². The Labute approximate surface area is 263 Å². The summed E-state index contributed by atoms with van der Waals surface area (Å²) in [5, 5.41) is 0. The lowest BCUT2D eigenvalue weighted by Crippen LogP contribution is -2.44. The minimum atomic E-state index is -0.239. The molecule has 0 saturated heterocycles. The standard InChI is InChI=1S/C34H38N6O3S/c1-21(2)43-26-17-35-29(36-18-26)19-40-25(16-34(5)12-13-34)20-42-30-15-28(31-22(3)8-6-9-23(31)4)37-33(38-30)39-44-27-11-7-10-24(14-27)32(40)41/h6-11,14-15,17-18,21,25H,12-13,16,19-20H2,1-5H3,(H,37,38,39)/t25-/m1/s1. The highest BCUT2D eigenvalue weighted by Gasteiger charge is 2.42. The highest BCUT2D eigenvalue weighted by molar-refractivity contribution is 8.00. The topological polar surface area (TPSA) is 102 Å². The Morgan fingerprint density at radius 3 is 2.50 bits per heavy atom. The number of benzene rings is 2. The molecule has 9 nitrogen and oxygen atoms in total. The van der Waals surface area contributed by atoms with Crippen molar-refractivity contribution in [2.45, 2.75) is 77.5 Å². The first-order valence-electron chi connectivity index (χ1n) is 15.1. The molecule has 10 heteroatoms. The Morgan fingerprint density at radius 1 is 1.07 bits per heavy atom. The number of rotatable bonds is 7. The molecule has 2 aromatic carbocycles. The van der Waals surface area contributed by atoms with Gasteiger partial charge in [0.05, 0.1) is 36.8 Å². The monoisotopic (exact) mass is 610 g/mol. The zero-order chi connectivity index (χ0) is 30.8. The molecule has 0 unspecified atom stereocenters. The number of amides is 1. The van der Waals surface area contributed by atoms with E-state index in [1.165, 1.54) is 11.9 Å². The fourth-order valence-corrected chi connectivity index (χ4v) is 6.19. The van der Waals surface area contributed by atoms with Crippen molar-refractivity contribution in [1.29, 1.82) is 0 Å². The van der Waals surface area contributed by atoms with Gasteiger partial charge in [0, 0.05) is 22.1 Å². The van der Waals surface area contributed by atoms with Crippen LogP contribution >= 0.6 is 11.9 Å². The number of nitrogens with zero attached hydrogens (tertiary/aromatic N) is 5. The van der Waals surface area contributed by atoms with Gasteiger partial charge in [-0.2, -0.15) is 4.98 Å². The van der Waals surface area contributed by atoms with Gasteiger partial charge in [-0.25, -0.2) is 15.0 Å². The highest BCUT2D eigenvalue weighted by atomic mass is 32.2. The molecule has 228 valence electrons. The van der Waals surface area contributed by atoms with E-state index in [1.54, 1.807) is 12.4 Å². The number of anilines is 1. The SMILES string of the molecule is Cc1cccc(C)c1-c1cc2nc(n1)NSc1cccc(c1)C(=O)N(Cc1ncc(OC(C)C)cn1)[C@H](CC1(C)CC1)CO2. The van der Waals surface area contributed by atoms with E-state index in [2.05, 4.69) is 47.6 Å². The minimum absolute atomic E-state index is 0.0168. The summed E-state index contributed by atoms with van der Waals surface area (Å²) in [5.41, 5.74) is 4.83. The molecule has 3 heterocycles. The number of carbonyl (C=O) groups excluding carboxylic acids is 1. The molecular formula is C34H38N6O3S. The first-order chi connectivity index (χ1) is 21.2. The summed E-state index contributed by atoms with van der Waals surface area (Å²) < 4.78 is 15.5. The lowest BCUT2D eigenvalue weighted by Gasteiger charge is -2.33. The summed E-state index contributed by atoms with van der Waals surface area (Å²) in [6.45, 7) is 10.9. The highest BCUT2D eigenvalue weighted by Crippen LogP contribution is 2.49. The number of ether oxygens (including phenoxy) is 2. The van der Waals surface area contributed by atoms with Gasteiger partial charge in [0.1, 0.15) is 12.4 Å². The van der Waals surface area contributed by atoms with Crippen LogP contribution in [0.1, 0.15) is 67.3 Å². The van der Waals surface area contributed by atoms with Crippen LogP contribution in [0.25, 0.3) is 11.3 Å². The smallest absolute Gasteiger partial charge is 0.254 e. The van der Waals surface area contributed by atoms with Crippen molar-refractivity contribution >= 4 is 23.8 Å². The van der Waals surface area contributed by atoms with Crippen LogP contribution < -0.4 is 14.2 Å². The van der Waals surface area contributed by atoms with Crippen LogP contribution in [0.4, 0.5) is 5.95 Å². The Hall–Kier alpha value is -4.18. The maximum atomic E-state index is 14.3. The molecule has 4 bridgehead atoms. The van der Waals surface area contributed by atoms with Gasteiger partial charge in [0.2, 0.25) is 11.8 Å². The predicted octanol–water partition coefficient (Wildman–Crippen LogP) is 7.05. The molecule has 0 radical (unpaired) electrons. The van der Waals surface area contributed by atoms with Crippen molar-refractivity contribution < 1.29 is 14.3 Å². The van der Waals surface area contributed by atoms with Gasteiger partial charge in [-0.1, -0.05) is 31.2 Å². The van der Waals surface area contributed by atoms with Crippen molar-refractivity contribution in [2.75, 3.05) is 11.3 Å². The average molecular weight is 611 g/mol. The van der Waals surface area contributed by atoms with Gasteiger partial charge in [-0.05, 0) is 93.6 Å². The molecule has 1 aliphatic carbocycles. The second-order valence-electron chi connectivity index (χ2n) is 12.3. The number of aromatic nitrogens is 4. The Balaban J connectivity index is 1.40. The van der Waals surface area contributed by atoms with Crippen LogP contribution in [0.15, 0.2) is 65.8 Å². The van der Waals surface area contributed by atoms with E-state index in [0.29, 0.717) is 29.0 Å². The third-order valence-electron chi connectivity index (χ3n) is 8.10. The number of carbonyl (C=O) groups is 1. The molecule has 0 spiro atoms. The Bertz CT molecular complexity index is 1640. The average Bonchev–Trinajstić information content (AvgIpc) is 3.73. The fourth-order valence-electron chi connectivity index (χ4n) is 5.56. The first-order valence-corrected chi connectivity index (χ1v) is 15.9. The van der Waals surface area contributed by atoms with E-state index in [4.69, 9.17) is 19.4 Å². The van der Waals surface area contributed by atoms with E-state index < -0.39 is 0 Å². The molecule has 1 atom stereocenters. The molecule has 2 aliphatic rings. The van der Waals surface area contributed by atoms with Crippen molar-refractivity contribution in [1.82, 2.24) is 24.8 Å². The van der Waals surface area contributed by atoms with Crippen LogP contribution in [0, 0.1) is 19.3 Å². The third kappa shape index (κ3) is 6.96. The maximum absolute atomic E-state index is 14.3. The molecule has 44 heavy (non-hydrogen) atoms. The van der Waals surface area contributed by atoms with Crippen LogP contribution in [-0.4, -0.2) is 49.5 Å². The molecule has 1 amide bonds. The Kier molecular flexibility index (Phi) is 8.44. The van der Waals surface area contributed by atoms with E-state index in [9.17, 15) is 4.79 Å². The number of nitrogens with one attached hydrogen (secondary N) is 1. The molecule has 1 N–H and O–H groups in total. The van der Waals surface area contributed by atoms with Crippen LogP contribution in [0.5, 0.6) is 11.6 Å². The molecule has 6 rings (SSSR count). The number of fused-ring (bicyclic) bond motifs is 4. The van der Waals surface area contributed by atoms with Gasteiger partial charge in [-0.15, -0.1) is 0 Å². The van der Waals surface area contributed by atoms with Gasteiger partial charge in [0.25, 0.3) is 5.91 Å². The summed E-state index contributed by atoms with van der Waals surface area (Å²) in [4.78, 5) is 35.7. The van der Waals surface area contributed by atoms with Gasteiger partial charge >= 0.3 is 0 Å². The second kappa shape index (κ2) is 12.4. The van der Waals surface area contributed by atoms with Crippen molar-refractivity contribution in [2.24, 2.45) is 5.41 Å². The largest absolute Gasteiger partial charge is 0.488 e. The maximum Gasteiger partial charge on any atom is 0.254 e. The summed E-state index contributed by atoms with van der Waals surface area (Å²) >= 11 is 1.36. The fraction of sp³-hybridized carbons (Fsp3) is 0.382. The number of hydrogen-bond acceptors (Lipinski definition) is 9. The molecule has 1 saturated carbocycles. The predicted molar refractivity (Wildman–Crippen MR) is 172 cm³/mol. The van der Waals surface area contributed by atoms with Gasteiger partial charge in [0.15, 0.2) is 5.75 Å². The van der Waals surface area contributed by atoms with E-state index in [-0.39, 0.29) is 36.6 Å². The zero-order valence-corrected chi connectivity index (χ0v) is 26.6. The lowest BCUT2D eigenvalue weighted by molar-refractivity contribution is 0.0533. The quantitative estimate of drug-likeness (QED) is 0.221. The van der Waals surface area contributed by atoms with E-state index in [0.717, 1.165) is 46.5 Å². The second-order valence-corrected chi connectivity index (χ2v) is 13.2. The van der Waals surface area contributed by atoms with E-state index >= 15 is 0 Å². The van der Waals surface area contributed by atoms with Crippen molar-refractivity contribution in [3.05, 3.63) is 83.4 Å². The van der Waals surface area contributed by atoms with Crippen molar-refractivity contribution in [3.63, 3.8) is 0 Å². The number of hydrogen-bond donors (Lipinski definition) is 1. The van der Waals surface area contributed by atoms with Crippen molar-refractivity contribution in [3.8, 4) is 22.9 Å². The normalized spacial score (nSPS) is 17.5. The van der Waals surface area contributed by atoms with E-state index in [1.807, 2.05) is 55.1 Å². The third-order valence-corrected chi connectivity index (χ3v) is 8.88. The summed E-state index contributed by atoms with van der Waals surface area (Å²) in [5.74, 6) is 1.95. The number of aryl methyl sites for hydroxylation is 2. The summed E-state index contributed by atoms with van der Waals surface area (Å²) in [6.07, 6.45) is 6.38. The van der Waals surface area contributed by atoms with Crippen LogP contribution in [-0.2, 0) is 6.54 Å².